The van der Waals surface area contributed by atoms with Crippen LogP contribution >= 0.6 is 38.9 Å². The summed E-state index contributed by atoms with van der Waals surface area (Å²) in [5.41, 5.74) is 1.99. The first-order chi connectivity index (χ1) is 17.8. The van der Waals surface area contributed by atoms with Crippen LogP contribution in [0.5, 0.6) is 11.5 Å². The number of rotatable bonds is 8. The van der Waals surface area contributed by atoms with E-state index in [0.29, 0.717) is 48.2 Å². The Morgan fingerprint density at radius 2 is 2.03 bits per heavy atom. The Labute approximate surface area is 231 Å². The number of benzene rings is 2. The molecule has 0 aliphatic carbocycles. The lowest BCUT2D eigenvalue weighted by molar-refractivity contribution is -0.139. The molecule has 10 heteroatoms. The molecule has 0 spiro atoms. The number of allylic oxidation sites excluding steroid dienone is 1. The fraction of sp³-hybridized carbons (Fsp3) is 0.222. The highest BCUT2D eigenvalue weighted by atomic mass is 79.9. The predicted octanol–water partition coefficient (Wildman–Crippen LogP) is 4.79. The van der Waals surface area contributed by atoms with Crippen molar-refractivity contribution in [2.75, 3.05) is 20.3 Å². The number of aromatic nitrogens is 1. The Bertz CT molecular complexity index is 1570. The summed E-state index contributed by atoms with van der Waals surface area (Å²) in [4.78, 5) is 31.8. The molecule has 4 rings (SSSR count). The molecular formula is C27H24BrClN2O5S. The Hall–Kier alpha value is -3.14. The first kappa shape index (κ1) is 26.9. The molecule has 192 valence electrons. The third-order valence-electron chi connectivity index (χ3n) is 5.60. The fourth-order valence-electron chi connectivity index (χ4n) is 4.01. The number of hydrogen-bond acceptors (Lipinski definition) is 7. The standard InChI is InChI=1S/C27H24BrClN2O5S/c1-5-11-36-24-19(28)12-16(13-20(24)34-4)14-21-25(32)31-23(17-7-9-18(29)10-8-17)22(26(33)35-6-2)15(3)30-27(31)37-21/h5,7-10,12-14,23H,1,6,11H2,2-4H3/b21-14-. The van der Waals surface area contributed by atoms with E-state index in [1.165, 1.54) is 15.9 Å². The number of nitrogens with zero attached hydrogens (tertiary/aromatic N) is 2. The van der Waals surface area contributed by atoms with E-state index in [4.69, 9.17) is 25.8 Å². The van der Waals surface area contributed by atoms with Crippen molar-refractivity contribution in [3.63, 3.8) is 0 Å². The molecular weight excluding hydrogens is 580 g/mol. The van der Waals surface area contributed by atoms with E-state index >= 15 is 0 Å². The van der Waals surface area contributed by atoms with Crippen LogP contribution in [-0.2, 0) is 9.53 Å². The SMILES string of the molecule is C=CCOc1c(Br)cc(/C=c2\sc3n(c2=O)C(c2ccc(Cl)cc2)C(C(=O)OCC)=C(C)N=3)cc1OC. The van der Waals surface area contributed by atoms with Crippen molar-refractivity contribution in [2.45, 2.75) is 19.9 Å². The van der Waals surface area contributed by atoms with Gasteiger partial charge in [-0.2, -0.15) is 0 Å². The van der Waals surface area contributed by atoms with Gasteiger partial charge in [-0.25, -0.2) is 9.79 Å². The molecule has 1 unspecified atom stereocenters. The molecule has 1 aliphatic heterocycles. The van der Waals surface area contributed by atoms with E-state index in [1.54, 1.807) is 63.4 Å². The first-order valence-corrected chi connectivity index (χ1v) is 13.3. The molecule has 0 saturated carbocycles. The number of carbonyl (C=O) groups is 1. The maximum atomic E-state index is 13.8. The van der Waals surface area contributed by atoms with Crippen LogP contribution in [-0.4, -0.2) is 30.9 Å². The van der Waals surface area contributed by atoms with Gasteiger partial charge in [0.1, 0.15) is 6.61 Å². The van der Waals surface area contributed by atoms with Gasteiger partial charge < -0.3 is 14.2 Å². The van der Waals surface area contributed by atoms with Crippen molar-refractivity contribution in [2.24, 2.45) is 4.99 Å². The number of hydrogen-bond donors (Lipinski definition) is 0. The third kappa shape index (κ3) is 5.44. The second kappa shape index (κ2) is 11.5. The number of fused-ring (bicyclic) bond motifs is 1. The monoisotopic (exact) mass is 602 g/mol. The van der Waals surface area contributed by atoms with Crippen molar-refractivity contribution in [3.05, 3.63) is 101 Å². The summed E-state index contributed by atoms with van der Waals surface area (Å²) < 4.78 is 19.2. The minimum atomic E-state index is -0.703. The molecule has 37 heavy (non-hydrogen) atoms. The van der Waals surface area contributed by atoms with Gasteiger partial charge in [-0.15, -0.1) is 0 Å². The van der Waals surface area contributed by atoms with E-state index in [1.807, 2.05) is 6.07 Å². The summed E-state index contributed by atoms with van der Waals surface area (Å²) >= 11 is 10.9. The quantitative estimate of drug-likeness (QED) is 0.273. The zero-order chi connectivity index (χ0) is 26.7. The van der Waals surface area contributed by atoms with E-state index in [-0.39, 0.29) is 12.2 Å². The Morgan fingerprint density at radius 3 is 2.68 bits per heavy atom. The van der Waals surface area contributed by atoms with Crippen molar-refractivity contribution in [1.29, 1.82) is 0 Å². The van der Waals surface area contributed by atoms with Gasteiger partial charge in [-0.05, 0) is 71.2 Å². The maximum absolute atomic E-state index is 13.8. The summed E-state index contributed by atoms with van der Waals surface area (Å²) in [6, 6.07) is 9.97. The predicted molar refractivity (Wildman–Crippen MR) is 148 cm³/mol. The molecule has 2 heterocycles. The maximum Gasteiger partial charge on any atom is 0.338 e. The van der Waals surface area contributed by atoms with Gasteiger partial charge in [-0.1, -0.05) is 47.7 Å². The van der Waals surface area contributed by atoms with E-state index in [0.717, 1.165) is 11.1 Å². The van der Waals surface area contributed by atoms with Crippen LogP contribution in [0.2, 0.25) is 5.02 Å². The highest BCUT2D eigenvalue weighted by molar-refractivity contribution is 9.10. The lowest BCUT2D eigenvalue weighted by Gasteiger charge is -2.24. The van der Waals surface area contributed by atoms with Gasteiger partial charge in [0.05, 0.1) is 40.0 Å². The van der Waals surface area contributed by atoms with Crippen LogP contribution in [0.3, 0.4) is 0 Å². The van der Waals surface area contributed by atoms with Crippen LogP contribution in [0, 0.1) is 0 Å². The van der Waals surface area contributed by atoms with Crippen LogP contribution in [0.4, 0.5) is 0 Å². The van der Waals surface area contributed by atoms with Crippen molar-refractivity contribution < 1.29 is 19.0 Å². The number of halogens is 2. The number of thiazole rings is 1. The van der Waals surface area contributed by atoms with Crippen molar-refractivity contribution >= 4 is 50.9 Å². The van der Waals surface area contributed by atoms with Crippen molar-refractivity contribution in [1.82, 2.24) is 4.57 Å². The lowest BCUT2D eigenvalue weighted by Crippen LogP contribution is -2.39. The van der Waals surface area contributed by atoms with Crippen LogP contribution in [0.15, 0.2) is 74.6 Å². The minimum Gasteiger partial charge on any atom is -0.493 e. The fourth-order valence-corrected chi connectivity index (χ4v) is 5.76. The topological polar surface area (TPSA) is 79.1 Å². The molecule has 0 N–H and O–H groups in total. The summed E-state index contributed by atoms with van der Waals surface area (Å²) in [5.74, 6) is 0.537. The molecule has 1 atom stereocenters. The normalized spacial score (nSPS) is 15.2. The molecule has 0 amide bonds. The molecule has 3 aromatic rings. The molecule has 0 saturated heterocycles. The Balaban J connectivity index is 1.90. The first-order valence-electron chi connectivity index (χ1n) is 11.3. The second-order valence-corrected chi connectivity index (χ2v) is 10.3. The van der Waals surface area contributed by atoms with E-state index < -0.39 is 12.0 Å². The van der Waals surface area contributed by atoms with E-state index in [2.05, 4.69) is 27.5 Å². The smallest absolute Gasteiger partial charge is 0.338 e. The number of carbonyl (C=O) groups excluding carboxylic acids is 1. The van der Waals surface area contributed by atoms with Crippen LogP contribution < -0.4 is 24.4 Å². The highest BCUT2D eigenvalue weighted by Crippen LogP contribution is 2.37. The van der Waals surface area contributed by atoms with Gasteiger partial charge in [-0.3, -0.25) is 9.36 Å². The lowest BCUT2D eigenvalue weighted by atomic mass is 9.96. The Morgan fingerprint density at radius 1 is 1.30 bits per heavy atom. The zero-order valence-corrected chi connectivity index (χ0v) is 23.6. The van der Waals surface area contributed by atoms with Gasteiger partial charge in [0, 0.05) is 5.02 Å². The number of methoxy groups -OCH3 is 1. The molecule has 0 radical (unpaired) electrons. The molecule has 1 aromatic heterocycles. The highest BCUT2D eigenvalue weighted by Gasteiger charge is 2.33. The zero-order valence-electron chi connectivity index (χ0n) is 20.4. The summed E-state index contributed by atoms with van der Waals surface area (Å²) in [6.07, 6.45) is 3.40. The Kier molecular flexibility index (Phi) is 8.36. The molecule has 0 bridgehead atoms. The second-order valence-electron chi connectivity index (χ2n) is 7.99. The van der Waals surface area contributed by atoms with Gasteiger partial charge in [0.15, 0.2) is 16.3 Å². The minimum absolute atomic E-state index is 0.205. The van der Waals surface area contributed by atoms with Gasteiger partial charge >= 0.3 is 5.97 Å². The molecule has 0 fully saturated rings. The summed E-state index contributed by atoms with van der Waals surface area (Å²) in [7, 11) is 1.55. The largest absolute Gasteiger partial charge is 0.493 e. The molecule has 2 aromatic carbocycles. The molecule has 1 aliphatic rings. The third-order valence-corrected chi connectivity index (χ3v) is 7.42. The summed E-state index contributed by atoms with van der Waals surface area (Å²) in [6.45, 7) is 7.68. The average molecular weight is 604 g/mol. The number of ether oxygens (including phenoxy) is 3. The van der Waals surface area contributed by atoms with E-state index in [9.17, 15) is 9.59 Å². The van der Waals surface area contributed by atoms with Gasteiger partial charge in [0.2, 0.25) is 0 Å². The summed E-state index contributed by atoms with van der Waals surface area (Å²) in [5, 5.41) is 0.551. The van der Waals surface area contributed by atoms with Gasteiger partial charge in [0.25, 0.3) is 5.56 Å². The molecule has 7 nitrogen and oxygen atoms in total. The van der Waals surface area contributed by atoms with Crippen LogP contribution in [0.25, 0.3) is 6.08 Å². The number of esters is 1. The average Bonchev–Trinajstić information content (AvgIpc) is 3.17. The van der Waals surface area contributed by atoms with Crippen LogP contribution in [0.1, 0.15) is 31.0 Å². The van der Waals surface area contributed by atoms with Crippen molar-refractivity contribution in [3.8, 4) is 11.5 Å².